The minimum absolute atomic E-state index is 0.279. The Balaban J connectivity index is 2.93. The predicted octanol–water partition coefficient (Wildman–Crippen LogP) is 0.0709. The molecule has 1 aromatic rings. The summed E-state index contributed by atoms with van der Waals surface area (Å²) in [5.74, 6) is -1.29. The van der Waals surface area contributed by atoms with Gasteiger partial charge in [-0.3, -0.25) is 14.3 Å². The van der Waals surface area contributed by atoms with Crippen LogP contribution in [0.1, 0.15) is 23.0 Å². The van der Waals surface area contributed by atoms with Gasteiger partial charge in [-0.05, 0) is 20.5 Å². The van der Waals surface area contributed by atoms with Gasteiger partial charge in [-0.25, -0.2) is 0 Å². The van der Waals surface area contributed by atoms with Crippen LogP contribution in [0.2, 0.25) is 0 Å². The maximum Gasteiger partial charge on any atom is 0.323 e. The van der Waals surface area contributed by atoms with Gasteiger partial charge in [-0.15, -0.1) is 0 Å². The number of rotatable bonds is 7. The van der Waals surface area contributed by atoms with E-state index in [0.29, 0.717) is 30.8 Å². The molecule has 1 amide bonds. The largest absolute Gasteiger partial charge is 0.480 e. The fourth-order valence-electron chi connectivity index (χ4n) is 1.88. The maximum absolute atomic E-state index is 12.5. The first kappa shape index (κ1) is 16.2. The zero-order valence-corrected chi connectivity index (χ0v) is 12.5. The van der Waals surface area contributed by atoms with Crippen molar-refractivity contribution < 1.29 is 14.7 Å². The van der Waals surface area contributed by atoms with Crippen LogP contribution in [0.15, 0.2) is 6.20 Å². The lowest BCUT2D eigenvalue weighted by Crippen LogP contribution is -2.40. The summed E-state index contributed by atoms with van der Waals surface area (Å²) in [7, 11) is 5.51. The van der Waals surface area contributed by atoms with E-state index in [4.69, 9.17) is 5.11 Å². The summed E-state index contributed by atoms with van der Waals surface area (Å²) in [4.78, 5) is 26.7. The van der Waals surface area contributed by atoms with Crippen molar-refractivity contribution >= 4 is 11.9 Å². The van der Waals surface area contributed by atoms with Crippen molar-refractivity contribution in [3.05, 3.63) is 17.5 Å². The van der Waals surface area contributed by atoms with Crippen LogP contribution >= 0.6 is 0 Å². The van der Waals surface area contributed by atoms with E-state index < -0.39 is 5.97 Å². The van der Waals surface area contributed by atoms with Crippen LogP contribution in [0.4, 0.5) is 0 Å². The molecule has 1 N–H and O–H groups in total. The van der Waals surface area contributed by atoms with E-state index in [-0.39, 0.29) is 12.5 Å². The molecule has 0 radical (unpaired) electrons. The number of amides is 1. The van der Waals surface area contributed by atoms with Crippen molar-refractivity contribution in [1.82, 2.24) is 19.6 Å². The maximum atomic E-state index is 12.5. The van der Waals surface area contributed by atoms with Gasteiger partial charge in [-0.1, -0.05) is 6.92 Å². The zero-order valence-electron chi connectivity index (χ0n) is 12.5. The van der Waals surface area contributed by atoms with Gasteiger partial charge in [0.05, 0.1) is 11.3 Å². The molecule has 0 fully saturated rings. The van der Waals surface area contributed by atoms with E-state index in [2.05, 4.69) is 5.10 Å². The molecule has 1 heterocycles. The third-order valence-corrected chi connectivity index (χ3v) is 2.90. The highest BCUT2D eigenvalue weighted by atomic mass is 16.4. The van der Waals surface area contributed by atoms with Crippen molar-refractivity contribution in [3.8, 4) is 0 Å². The second kappa shape index (κ2) is 7.04. The number of carbonyl (C=O) groups excluding carboxylic acids is 1. The Hall–Kier alpha value is -1.89. The number of nitrogens with zero attached hydrogens (tertiary/aromatic N) is 4. The molecule has 112 valence electrons. The molecule has 7 heteroatoms. The molecule has 0 saturated heterocycles. The van der Waals surface area contributed by atoms with Gasteiger partial charge in [0.2, 0.25) is 0 Å². The summed E-state index contributed by atoms with van der Waals surface area (Å²) in [6, 6.07) is 0. The minimum atomic E-state index is -1.01. The first-order chi connectivity index (χ1) is 9.35. The van der Waals surface area contributed by atoms with Crippen LogP contribution in [0.5, 0.6) is 0 Å². The molecule has 7 nitrogen and oxygen atoms in total. The molecule has 0 aliphatic rings. The van der Waals surface area contributed by atoms with Crippen molar-refractivity contribution in [3.63, 3.8) is 0 Å². The van der Waals surface area contributed by atoms with Gasteiger partial charge in [0.25, 0.3) is 5.91 Å². The summed E-state index contributed by atoms with van der Waals surface area (Å²) in [6.07, 6.45) is 2.28. The first-order valence-corrected chi connectivity index (χ1v) is 6.53. The number of carboxylic acid groups (broad SMARTS) is 1. The lowest BCUT2D eigenvalue weighted by atomic mass is 10.2. The van der Waals surface area contributed by atoms with E-state index in [1.54, 1.807) is 17.9 Å². The Bertz CT molecular complexity index is 482. The van der Waals surface area contributed by atoms with E-state index in [9.17, 15) is 9.59 Å². The Morgan fingerprint density at radius 1 is 1.35 bits per heavy atom. The van der Waals surface area contributed by atoms with Crippen LogP contribution in [-0.2, 0) is 18.3 Å². The third kappa shape index (κ3) is 4.34. The molecular weight excluding hydrogens is 260 g/mol. The number of aromatic nitrogens is 2. The van der Waals surface area contributed by atoms with Crippen molar-refractivity contribution in [2.24, 2.45) is 7.05 Å². The number of likely N-dealkylation sites (N-methyl/N-ethyl adjacent to an activating group) is 1. The molecule has 0 saturated carbocycles. The van der Waals surface area contributed by atoms with Crippen LogP contribution in [0, 0.1) is 0 Å². The second-order valence-corrected chi connectivity index (χ2v) is 4.94. The number of carbonyl (C=O) groups is 2. The smallest absolute Gasteiger partial charge is 0.323 e. The van der Waals surface area contributed by atoms with Gasteiger partial charge >= 0.3 is 5.97 Å². The Kier molecular flexibility index (Phi) is 5.69. The van der Waals surface area contributed by atoms with E-state index in [1.165, 1.54) is 4.90 Å². The van der Waals surface area contributed by atoms with Crippen LogP contribution in [0.3, 0.4) is 0 Å². The summed E-state index contributed by atoms with van der Waals surface area (Å²) in [6.45, 7) is 2.60. The Morgan fingerprint density at radius 3 is 2.50 bits per heavy atom. The standard InChI is InChI=1S/C13H22N4O3/c1-5-11-10(8-16(4)14-11)13(20)17(9-12(18)19)7-6-15(2)3/h8H,5-7,9H2,1-4H3,(H,18,19). The SMILES string of the molecule is CCc1nn(C)cc1C(=O)N(CCN(C)C)CC(=O)O. The number of aliphatic carboxylic acids is 1. The Labute approximate surface area is 118 Å². The highest BCUT2D eigenvalue weighted by molar-refractivity contribution is 5.96. The van der Waals surface area contributed by atoms with Crippen LogP contribution in [0.25, 0.3) is 0 Å². The molecule has 0 aliphatic heterocycles. The summed E-state index contributed by atoms with van der Waals surface area (Å²) >= 11 is 0. The van der Waals surface area contributed by atoms with Crippen LogP contribution in [-0.4, -0.2) is 70.3 Å². The highest BCUT2D eigenvalue weighted by Gasteiger charge is 2.22. The van der Waals surface area contributed by atoms with Gasteiger partial charge < -0.3 is 14.9 Å². The second-order valence-electron chi connectivity index (χ2n) is 4.94. The van der Waals surface area contributed by atoms with Crippen molar-refractivity contribution in [2.45, 2.75) is 13.3 Å². The number of aryl methyl sites for hydroxylation is 2. The molecular formula is C13H22N4O3. The summed E-state index contributed by atoms with van der Waals surface area (Å²) in [5.41, 5.74) is 1.17. The van der Waals surface area contributed by atoms with E-state index in [0.717, 1.165) is 0 Å². The highest BCUT2D eigenvalue weighted by Crippen LogP contribution is 2.11. The third-order valence-electron chi connectivity index (χ3n) is 2.90. The van der Waals surface area contributed by atoms with E-state index >= 15 is 0 Å². The van der Waals surface area contributed by atoms with Crippen molar-refractivity contribution in [2.75, 3.05) is 33.7 Å². The van der Waals surface area contributed by atoms with E-state index in [1.807, 2.05) is 25.9 Å². The summed E-state index contributed by atoms with van der Waals surface area (Å²) < 4.78 is 1.58. The minimum Gasteiger partial charge on any atom is -0.480 e. The molecule has 0 aliphatic carbocycles. The summed E-state index contributed by atoms with van der Waals surface area (Å²) in [5, 5.41) is 13.2. The topological polar surface area (TPSA) is 78.7 Å². The Morgan fingerprint density at radius 2 is 2.00 bits per heavy atom. The molecule has 0 aromatic carbocycles. The number of carboxylic acids is 1. The van der Waals surface area contributed by atoms with Crippen LogP contribution < -0.4 is 0 Å². The lowest BCUT2D eigenvalue weighted by Gasteiger charge is -2.22. The molecule has 0 atom stereocenters. The zero-order chi connectivity index (χ0) is 15.3. The molecule has 20 heavy (non-hydrogen) atoms. The predicted molar refractivity (Wildman–Crippen MR) is 74.7 cm³/mol. The average Bonchev–Trinajstić information content (AvgIpc) is 2.74. The van der Waals surface area contributed by atoms with Gasteiger partial charge in [-0.2, -0.15) is 5.10 Å². The first-order valence-electron chi connectivity index (χ1n) is 6.53. The molecule has 0 bridgehead atoms. The molecule has 1 aromatic heterocycles. The lowest BCUT2D eigenvalue weighted by molar-refractivity contribution is -0.137. The van der Waals surface area contributed by atoms with Gasteiger partial charge in [0.1, 0.15) is 6.54 Å². The molecule has 0 spiro atoms. The monoisotopic (exact) mass is 282 g/mol. The quantitative estimate of drug-likeness (QED) is 0.765. The number of hydrogen-bond donors (Lipinski definition) is 1. The van der Waals surface area contributed by atoms with Crippen molar-refractivity contribution in [1.29, 1.82) is 0 Å². The molecule has 1 rings (SSSR count). The fourth-order valence-corrected chi connectivity index (χ4v) is 1.88. The average molecular weight is 282 g/mol. The molecule has 0 unspecified atom stereocenters. The van der Waals surface area contributed by atoms with Gasteiger partial charge in [0, 0.05) is 26.3 Å². The fraction of sp³-hybridized carbons (Fsp3) is 0.615. The normalized spacial score (nSPS) is 10.8. The van der Waals surface area contributed by atoms with Gasteiger partial charge in [0.15, 0.2) is 0 Å². The number of hydrogen-bond acceptors (Lipinski definition) is 4.